The smallest absolute Gasteiger partial charge is 0.236 e. The molecule has 0 radical (unpaired) electrons. The molecular formula is C23H24N2O6S. The van der Waals surface area contributed by atoms with Gasteiger partial charge in [0.2, 0.25) is 22.7 Å². The molecule has 2 aromatic rings. The van der Waals surface area contributed by atoms with E-state index in [4.69, 9.17) is 9.47 Å². The summed E-state index contributed by atoms with van der Waals surface area (Å²) in [4.78, 5) is 24.8. The molecule has 0 aromatic heterocycles. The number of nitrogens with zero attached hydrogens (tertiary/aromatic N) is 1. The normalized spacial score (nSPS) is 16.9. The summed E-state index contributed by atoms with van der Waals surface area (Å²) in [6.07, 6.45) is 2.35. The molecule has 9 heteroatoms. The topological polar surface area (TPSA) is 102 Å². The lowest BCUT2D eigenvalue weighted by Crippen LogP contribution is -2.40. The van der Waals surface area contributed by atoms with Gasteiger partial charge in [0.15, 0.2) is 17.3 Å². The van der Waals surface area contributed by atoms with Crippen LogP contribution in [-0.2, 0) is 14.8 Å². The molecule has 4 rings (SSSR count). The second-order valence-corrected chi connectivity index (χ2v) is 9.55. The highest BCUT2D eigenvalue weighted by molar-refractivity contribution is 7.92. The lowest BCUT2D eigenvalue weighted by Gasteiger charge is -2.29. The lowest BCUT2D eigenvalue weighted by molar-refractivity contribution is -0.120. The van der Waals surface area contributed by atoms with Gasteiger partial charge in [-0.2, -0.15) is 4.31 Å². The first-order valence-corrected chi connectivity index (χ1v) is 11.8. The van der Waals surface area contributed by atoms with Crippen molar-refractivity contribution in [1.82, 2.24) is 4.31 Å². The van der Waals surface area contributed by atoms with E-state index in [0.29, 0.717) is 35.6 Å². The van der Waals surface area contributed by atoms with E-state index < -0.39 is 10.0 Å². The van der Waals surface area contributed by atoms with E-state index in [-0.39, 0.29) is 37.5 Å². The molecule has 2 aliphatic rings. The van der Waals surface area contributed by atoms with Crippen LogP contribution in [0, 0.1) is 5.92 Å². The molecular weight excluding hydrogens is 432 g/mol. The summed E-state index contributed by atoms with van der Waals surface area (Å²) in [5, 5.41) is 4.02. The number of ketones is 1. The van der Waals surface area contributed by atoms with Crippen molar-refractivity contribution < 1.29 is 27.5 Å². The summed E-state index contributed by atoms with van der Waals surface area (Å²) in [5.74, 6) is 0.129. The largest absolute Gasteiger partial charge is 0.454 e. The van der Waals surface area contributed by atoms with Gasteiger partial charge < -0.3 is 14.8 Å². The highest BCUT2D eigenvalue weighted by Gasteiger charge is 2.31. The Morgan fingerprint density at radius 2 is 1.72 bits per heavy atom. The number of nitrogens with one attached hydrogen (secondary N) is 1. The number of benzene rings is 2. The fourth-order valence-electron chi connectivity index (χ4n) is 3.76. The number of Topliss-reactive ketones (excluding diaryl/α,β-unsaturated/α-hetero) is 1. The van der Waals surface area contributed by atoms with Gasteiger partial charge in [-0.25, -0.2) is 8.42 Å². The van der Waals surface area contributed by atoms with Crippen molar-refractivity contribution >= 4 is 33.5 Å². The molecule has 1 fully saturated rings. The SMILES string of the molecule is CC(=O)c1cc2c(cc1NC(=O)C1CCN(S(=O)(=O)C=Cc3ccccc3)CC1)OCO2. The molecule has 0 atom stereocenters. The highest BCUT2D eigenvalue weighted by atomic mass is 32.2. The minimum atomic E-state index is -3.57. The van der Waals surface area contributed by atoms with Gasteiger partial charge >= 0.3 is 0 Å². The summed E-state index contributed by atoms with van der Waals surface area (Å²) >= 11 is 0. The molecule has 2 aliphatic heterocycles. The number of fused-ring (bicyclic) bond motifs is 1. The Bertz CT molecular complexity index is 1150. The first-order chi connectivity index (χ1) is 15.3. The molecule has 0 spiro atoms. The molecule has 0 aliphatic carbocycles. The van der Waals surface area contributed by atoms with Crippen LogP contribution < -0.4 is 14.8 Å². The number of hydrogen-bond donors (Lipinski definition) is 1. The number of sulfonamides is 1. The Morgan fingerprint density at radius 3 is 2.38 bits per heavy atom. The van der Waals surface area contributed by atoms with Gasteiger partial charge in [0, 0.05) is 36.0 Å². The molecule has 1 amide bonds. The Morgan fingerprint density at radius 1 is 1.06 bits per heavy atom. The molecule has 2 aromatic carbocycles. The van der Waals surface area contributed by atoms with Crippen LogP contribution in [0.1, 0.15) is 35.7 Å². The van der Waals surface area contributed by atoms with Gasteiger partial charge in [-0.15, -0.1) is 0 Å². The van der Waals surface area contributed by atoms with Crippen molar-refractivity contribution in [2.24, 2.45) is 5.92 Å². The van der Waals surface area contributed by atoms with Gasteiger partial charge in [0.05, 0.1) is 5.69 Å². The number of rotatable bonds is 6. The van der Waals surface area contributed by atoms with Crippen LogP contribution in [-0.4, -0.2) is 44.3 Å². The lowest BCUT2D eigenvalue weighted by atomic mass is 9.96. The number of piperidine rings is 1. The molecule has 1 saturated heterocycles. The van der Waals surface area contributed by atoms with E-state index in [2.05, 4.69) is 5.32 Å². The predicted octanol–water partition coefficient (Wildman–Crippen LogP) is 3.27. The predicted molar refractivity (Wildman–Crippen MR) is 120 cm³/mol. The molecule has 32 heavy (non-hydrogen) atoms. The van der Waals surface area contributed by atoms with Crippen molar-refractivity contribution in [2.75, 3.05) is 25.2 Å². The maximum atomic E-state index is 12.8. The van der Waals surface area contributed by atoms with Crippen LogP contribution in [0.15, 0.2) is 47.9 Å². The van der Waals surface area contributed by atoms with E-state index in [1.807, 2.05) is 30.3 Å². The molecule has 8 nitrogen and oxygen atoms in total. The average molecular weight is 457 g/mol. The Kier molecular flexibility index (Phi) is 6.29. The van der Waals surface area contributed by atoms with Crippen molar-refractivity contribution in [1.29, 1.82) is 0 Å². The number of carbonyl (C=O) groups excluding carboxylic acids is 2. The van der Waals surface area contributed by atoms with E-state index >= 15 is 0 Å². The third-order valence-electron chi connectivity index (χ3n) is 5.57. The van der Waals surface area contributed by atoms with Crippen molar-refractivity contribution in [3.8, 4) is 11.5 Å². The van der Waals surface area contributed by atoms with E-state index in [1.165, 1.54) is 16.6 Å². The first kappa shape index (κ1) is 22.0. The molecule has 0 unspecified atom stereocenters. The standard InChI is InChI=1S/C23H24N2O6S/c1-16(26)19-13-21-22(31-15-30-21)14-20(19)24-23(27)18-7-10-25(11-8-18)32(28,29)12-9-17-5-3-2-4-6-17/h2-6,9,12-14,18H,7-8,10-11,15H2,1H3,(H,24,27). The molecule has 0 bridgehead atoms. The quantitative estimate of drug-likeness (QED) is 0.670. The van der Waals surface area contributed by atoms with E-state index in [9.17, 15) is 18.0 Å². The number of hydrogen-bond acceptors (Lipinski definition) is 6. The van der Waals surface area contributed by atoms with Crippen molar-refractivity contribution in [3.63, 3.8) is 0 Å². The molecule has 0 saturated carbocycles. The minimum absolute atomic E-state index is 0.0652. The maximum Gasteiger partial charge on any atom is 0.236 e. The Labute approximate surface area is 186 Å². The fourth-order valence-corrected chi connectivity index (χ4v) is 4.98. The minimum Gasteiger partial charge on any atom is -0.454 e. The average Bonchev–Trinajstić information content (AvgIpc) is 3.25. The number of amides is 1. The zero-order valence-corrected chi connectivity index (χ0v) is 18.4. The summed E-state index contributed by atoms with van der Waals surface area (Å²) in [5.41, 5.74) is 1.51. The highest BCUT2D eigenvalue weighted by Crippen LogP contribution is 2.37. The van der Waals surface area contributed by atoms with Crippen LogP contribution in [0.2, 0.25) is 0 Å². The Hall–Kier alpha value is -3.17. The summed E-state index contributed by atoms with van der Waals surface area (Å²) in [6.45, 7) is 1.98. The number of anilines is 1. The van der Waals surface area contributed by atoms with Gasteiger partial charge in [0.25, 0.3) is 0 Å². The van der Waals surface area contributed by atoms with Gasteiger partial charge in [0.1, 0.15) is 0 Å². The van der Waals surface area contributed by atoms with Crippen LogP contribution in [0.5, 0.6) is 11.5 Å². The molecule has 168 valence electrons. The second kappa shape index (κ2) is 9.13. The number of ether oxygens (including phenoxy) is 2. The fraction of sp³-hybridized carbons (Fsp3) is 0.304. The van der Waals surface area contributed by atoms with Crippen LogP contribution in [0.25, 0.3) is 6.08 Å². The second-order valence-electron chi connectivity index (χ2n) is 7.73. The summed E-state index contributed by atoms with van der Waals surface area (Å²) in [7, 11) is -3.57. The van der Waals surface area contributed by atoms with Crippen molar-refractivity contribution in [2.45, 2.75) is 19.8 Å². The first-order valence-electron chi connectivity index (χ1n) is 10.3. The monoisotopic (exact) mass is 456 g/mol. The third kappa shape index (κ3) is 4.84. The van der Waals surface area contributed by atoms with Crippen LogP contribution >= 0.6 is 0 Å². The number of carbonyl (C=O) groups is 2. The van der Waals surface area contributed by atoms with Crippen molar-refractivity contribution in [3.05, 3.63) is 59.0 Å². The zero-order valence-electron chi connectivity index (χ0n) is 17.6. The third-order valence-corrected chi connectivity index (χ3v) is 7.13. The summed E-state index contributed by atoms with van der Waals surface area (Å²) < 4.78 is 37.3. The summed E-state index contributed by atoms with van der Waals surface area (Å²) in [6, 6.07) is 12.4. The molecule has 2 heterocycles. The van der Waals surface area contributed by atoms with E-state index in [1.54, 1.807) is 18.2 Å². The maximum absolute atomic E-state index is 12.8. The molecule has 1 N–H and O–H groups in total. The van der Waals surface area contributed by atoms with Gasteiger partial charge in [-0.3, -0.25) is 9.59 Å². The van der Waals surface area contributed by atoms with Gasteiger partial charge in [-0.1, -0.05) is 30.3 Å². The Balaban J connectivity index is 1.39. The van der Waals surface area contributed by atoms with Crippen LogP contribution in [0.3, 0.4) is 0 Å². The zero-order chi connectivity index (χ0) is 22.7. The van der Waals surface area contributed by atoms with Gasteiger partial charge in [-0.05, 0) is 37.5 Å². The van der Waals surface area contributed by atoms with Crippen LogP contribution in [0.4, 0.5) is 5.69 Å². The van der Waals surface area contributed by atoms with E-state index in [0.717, 1.165) is 5.56 Å².